The normalized spacial score (nSPS) is 18.7. The van der Waals surface area contributed by atoms with Gasteiger partial charge in [-0.25, -0.2) is 4.39 Å². The van der Waals surface area contributed by atoms with Crippen LogP contribution in [0.1, 0.15) is 12.0 Å². The molecule has 0 amide bonds. The van der Waals surface area contributed by atoms with E-state index >= 15 is 0 Å². The lowest BCUT2D eigenvalue weighted by Crippen LogP contribution is -2.23. The Balaban J connectivity index is 2.12. The van der Waals surface area contributed by atoms with Gasteiger partial charge in [-0.1, -0.05) is 12.1 Å². The van der Waals surface area contributed by atoms with Crippen LogP contribution in [0.4, 0.5) is 10.1 Å². The molecule has 3 nitrogen and oxygen atoms in total. The van der Waals surface area contributed by atoms with Crippen LogP contribution in [0.3, 0.4) is 0 Å². The van der Waals surface area contributed by atoms with Gasteiger partial charge in [0.05, 0.1) is 18.4 Å². The van der Waals surface area contributed by atoms with Crippen LogP contribution in [0.25, 0.3) is 0 Å². The molecule has 1 fully saturated rings. The van der Waals surface area contributed by atoms with Crippen LogP contribution in [0, 0.1) is 17.1 Å². The van der Waals surface area contributed by atoms with Crippen molar-refractivity contribution in [2.45, 2.75) is 12.5 Å². The highest BCUT2D eigenvalue weighted by Gasteiger charge is 2.25. The molecule has 4 heteroatoms. The van der Waals surface area contributed by atoms with Crippen LogP contribution in [0.2, 0.25) is 0 Å². The van der Waals surface area contributed by atoms with Crippen LogP contribution < -0.4 is 4.90 Å². The van der Waals surface area contributed by atoms with Crippen LogP contribution in [-0.4, -0.2) is 25.8 Å². The molecule has 0 radical (unpaired) electrons. The summed E-state index contributed by atoms with van der Waals surface area (Å²) in [5.74, 6) is -0.467. The average molecular weight is 246 g/mol. The highest BCUT2D eigenvalue weighted by atomic mass is 19.1. The smallest absolute Gasteiger partial charge is 0.143 e. The monoisotopic (exact) mass is 246 g/mol. The number of anilines is 1. The summed E-state index contributed by atoms with van der Waals surface area (Å²) in [6.07, 6.45) is 2.72. The Labute approximate surface area is 106 Å². The number of ether oxygens (including phenoxy) is 1. The van der Waals surface area contributed by atoms with E-state index in [-0.39, 0.29) is 11.7 Å². The molecule has 94 valence electrons. The number of benzene rings is 1. The van der Waals surface area contributed by atoms with Crippen LogP contribution in [0.15, 0.2) is 30.9 Å². The van der Waals surface area contributed by atoms with Gasteiger partial charge in [0.2, 0.25) is 0 Å². The van der Waals surface area contributed by atoms with Gasteiger partial charge in [-0.15, -0.1) is 6.58 Å². The molecule has 0 aromatic heterocycles. The predicted octanol–water partition coefficient (Wildman–Crippen LogP) is 2.48. The van der Waals surface area contributed by atoms with Gasteiger partial charge in [0.1, 0.15) is 17.4 Å². The van der Waals surface area contributed by atoms with Gasteiger partial charge < -0.3 is 9.64 Å². The van der Waals surface area contributed by atoms with Gasteiger partial charge in [-0.05, 0) is 18.6 Å². The summed E-state index contributed by atoms with van der Waals surface area (Å²) in [6.45, 7) is 5.59. The average Bonchev–Trinajstić information content (AvgIpc) is 2.84. The molecule has 0 saturated carbocycles. The van der Waals surface area contributed by atoms with Crippen LogP contribution in [0.5, 0.6) is 0 Å². The van der Waals surface area contributed by atoms with Gasteiger partial charge >= 0.3 is 0 Å². The summed E-state index contributed by atoms with van der Waals surface area (Å²) in [6, 6.07) is 6.64. The third-order valence-electron chi connectivity index (χ3n) is 3.04. The first kappa shape index (κ1) is 12.6. The van der Waals surface area contributed by atoms with Crippen LogP contribution in [-0.2, 0) is 4.74 Å². The number of hydrogen-bond acceptors (Lipinski definition) is 3. The number of hydrogen-bond donors (Lipinski definition) is 0. The summed E-state index contributed by atoms with van der Waals surface area (Å²) in [7, 11) is 0. The minimum absolute atomic E-state index is 0.113. The molecule has 1 aromatic rings. The summed E-state index contributed by atoms with van der Waals surface area (Å²) >= 11 is 0. The molecule has 1 aromatic carbocycles. The lowest BCUT2D eigenvalue weighted by Gasteiger charge is -2.20. The highest BCUT2D eigenvalue weighted by Crippen LogP contribution is 2.26. The zero-order valence-corrected chi connectivity index (χ0v) is 10.1. The molecule has 2 rings (SSSR count). The van der Waals surface area contributed by atoms with Crippen molar-refractivity contribution in [2.75, 3.05) is 24.6 Å². The Kier molecular flexibility index (Phi) is 3.96. The Morgan fingerprint density at radius 1 is 1.61 bits per heavy atom. The molecule has 0 spiro atoms. The van der Waals surface area contributed by atoms with Gasteiger partial charge in [0, 0.05) is 13.1 Å². The highest BCUT2D eigenvalue weighted by molar-refractivity contribution is 5.60. The Bertz CT molecular complexity index is 481. The van der Waals surface area contributed by atoms with Crippen molar-refractivity contribution < 1.29 is 9.13 Å². The van der Waals surface area contributed by atoms with E-state index in [9.17, 15) is 4.39 Å². The summed E-state index contributed by atoms with van der Waals surface area (Å²) in [5.41, 5.74) is 0.768. The minimum atomic E-state index is -0.467. The Morgan fingerprint density at radius 3 is 3.17 bits per heavy atom. The first-order valence-electron chi connectivity index (χ1n) is 5.92. The van der Waals surface area contributed by atoms with E-state index < -0.39 is 5.82 Å². The van der Waals surface area contributed by atoms with E-state index in [0.29, 0.717) is 18.8 Å². The largest absolute Gasteiger partial charge is 0.372 e. The predicted molar refractivity (Wildman–Crippen MR) is 67.9 cm³/mol. The van der Waals surface area contributed by atoms with Gasteiger partial charge in [-0.3, -0.25) is 0 Å². The fourth-order valence-corrected chi connectivity index (χ4v) is 2.17. The molecular weight excluding hydrogens is 231 g/mol. The van der Waals surface area contributed by atoms with E-state index in [4.69, 9.17) is 10.00 Å². The molecule has 1 saturated heterocycles. The van der Waals surface area contributed by atoms with Crippen LogP contribution >= 0.6 is 0 Å². The standard InChI is InChI=1S/C14H15FN2O/c1-2-8-18-11-6-7-17(10-11)14-5-3-4-13(15)12(14)9-16/h2-5,11H,1,6-8,10H2. The first-order chi connectivity index (χ1) is 8.76. The maximum Gasteiger partial charge on any atom is 0.143 e. The first-order valence-corrected chi connectivity index (χ1v) is 5.92. The summed E-state index contributed by atoms with van der Waals surface area (Å²) < 4.78 is 19.1. The molecule has 1 aliphatic rings. The third-order valence-corrected chi connectivity index (χ3v) is 3.04. The van der Waals surface area contributed by atoms with Crippen molar-refractivity contribution in [3.05, 3.63) is 42.2 Å². The van der Waals surface area contributed by atoms with Crippen molar-refractivity contribution in [3.63, 3.8) is 0 Å². The lowest BCUT2D eigenvalue weighted by atomic mass is 10.1. The maximum atomic E-state index is 13.5. The van der Waals surface area contributed by atoms with Crippen molar-refractivity contribution in [1.82, 2.24) is 0 Å². The second-order valence-corrected chi connectivity index (χ2v) is 4.22. The number of rotatable bonds is 4. The molecule has 18 heavy (non-hydrogen) atoms. The van der Waals surface area contributed by atoms with Crippen molar-refractivity contribution in [3.8, 4) is 6.07 Å². The fourth-order valence-electron chi connectivity index (χ4n) is 2.17. The number of nitriles is 1. The second kappa shape index (κ2) is 5.65. The quantitative estimate of drug-likeness (QED) is 0.766. The molecule has 0 aliphatic carbocycles. The van der Waals surface area contributed by atoms with E-state index in [2.05, 4.69) is 6.58 Å². The summed E-state index contributed by atoms with van der Waals surface area (Å²) in [5, 5.41) is 9.01. The molecule has 0 N–H and O–H groups in total. The second-order valence-electron chi connectivity index (χ2n) is 4.22. The molecule has 1 atom stereocenters. The molecule has 0 bridgehead atoms. The molecule has 1 unspecified atom stereocenters. The van der Waals surface area contributed by atoms with Gasteiger partial charge in [-0.2, -0.15) is 5.26 Å². The topological polar surface area (TPSA) is 36.3 Å². The maximum absolute atomic E-state index is 13.5. The SMILES string of the molecule is C=CCOC1CCN(c2cccc(F)c2C#N)C1. The Hall–Kier alpha value is -1.86. The lowest BCUT2D eigenvalue weighted by molar-refractivity contribution is 0.0909. The van der Waals surface area contributed by atoms with E-state index in [1.807, 2.05) is 11.0 Å². The van der Waals surface area contributed by atoms with Gasteiger partial charge in [0.25, 0.3) is 0 Å². The fraction of sp³-hybridized carbons (Fsp3) is 0.357. The van der Waals surface area contributed by atoms with E-state index in [0.717, 1.165) is 13.0 Å². The van der Waals surface area contributed by atoms with Crippen molar-refractivity contribution >= 4 is 5.69 Å². The number of nitrogens with zero attached hydrogens (tertiary/aromatic N) is 2. The van der Waals surface area contributed by atoms with Crippen molar-refractivity contribution in [2.24, 2.45) is 0 Å². The summed E-state index contributed by atoms with van der Waals surface area (Å²) in [4.78, 5) is 2.00. The van der Waals surface area contributed by atoms with E-state index in [1.54, 1.807) is 18.2 Å². The Morgan fingerprint density at radius 2 is 2.44 bits per heavy atom. The van der Waals surface area contributed by atoms with E-state index in [1.165, 1.54) is 6.07 Å². The minimum Gasteiger partial charge on any atom is -0.372 e. The van der Waals surface area contributed by atoms with Gasteiger partial charge in [0.15, 0.2) is 0 Å². The zero-order chi connectivity index (χ0) is 13.0. The molecule has 1 aliphatic heterocycles. The van der Waals surface area contributed by atoms with Crippen molar-refractivity contribution in [1.29, 1.82) is 5.26 Å². The molecule has 1 heterocycles. The number of halogens is 1. The zero-order valence-electron chi connectivity index (χ0n) is 10.1. The third kappa shape index (κ3) is 2.52. The molecular formula is C14H15FN2O.